The van der Waals surface area contributed by atoms with Crippen LogP contribution in [0.15, 0.2) is 30.9 Å². The Morgan fingerprint density at radius 2 is 2.18 bits per heavy atom. The van der Waals surface area contributed by atoms with Crippen molar-refractivity contribution in [3.05, 3.63) is 29.8 Å². The Labute approximate surface area is 130 Å². The minimum atomic E-state index is -0.0428. The predicted octanol–water partition coefficient (Wildman–Crippen LogP) is 3.75. The molecule has 114 valence electrons. The number of aromatic nitrogens is 4. The third kappa shape index (κ3) is 2.54. The first-order chi connectivity index (χ1) is 10.7. The Morgan fingerprint density at radius 1 is 1.32 bits per heavy atom. The van der Waals surface area contributed by atoms with Gasteiger partial charge in [0.05, 0.1) is 17.1 Å². The third-order valence-corrected chi connectivity index (χ3v) is 4.44. The van der Waals surface area contributed by atoms with Crippen LogP contribution in [-0.4, -0.2) is 20.3 Å². The Bertz CT molecular complexity index is 789. The summed E-state index contributed by atoms with van der Waals surface area (Å²) in [5.74, 6) is 3.08. The highest BCUT2D eigenvalue weighted by atomic mass is 32.2. The first kappa shape index (κ1) is 13.6. The van der Waals surface area contributed by atoms with Crippen LogP contribution in [0.5, 0.6) is 0 Å². The number of hydrogen-bond donors (Lipinski definition) is 0. The summed E-state index contributed by atoms with van der Waals surface area (Å²) in [6.45, 7) is 3.83. The van der Waals surface area contributed by atoms with Crippen LogP contribution < -0.4 is 0 Å². The smallest absolute Gasteiger partial charge is 0.277 e. The Kier molecular flexibility index (Phi) is 3.25. The maximum Gasteiger partial charge on any atom is 0.277 e. The molecule has 0 aliphatic heterocycles. The highest BCUT2D eigenvalue weighted by Gasteiger charge is 2.30. The largest absolute Gasteiger partial charge is 0.469 e. The van der Waals surface area contributed by atoms with E-state index in [2.05, 4.69) is 20.3 Å². The van der Waals surface area contributed by atoms with E-state index in [0.717, 1.165) is 30.0 Å². The molecule has 4 rings (SSSR count). The van der Waals surface area contributed by atoms with Gasteiger partial charge in [0.2, 0.25) is 5.89 Å². The minimum absolute atomic E-state index is 0.0428. The average molecular weight is 318 g/mol. The van der Waals surface area contributed by atoms with Crippen molar-refractivity contribution in [3.63, 3.8) is 0 Å². The molecule has 0 amide bonds. The van der Waals surface area contributed by atoms with Crippen LogP contribution in [0.3, 0.4) is 0 Å². The molecule has 1 aliphatic carbocycles. The highest BCUT2D eigenvalue weighted by molar-refractivity contribution is 7.99. The molecule has 1 aliphatic rings. The van der Waals surface area contributed by atoms with Gasteiger partial charge in [0.25, 0.3) is 11.1 Å². The monoisotopic (exact) mass is 318 g/mol. The van der Waals surface area contributed by atoms with Gasteiger partial charge in [-0.15, -0.1) is 10.2 Å². The third-order valence-electron chi connectivity index (χ3n) is 3.52. The Morgan fingerprint density at radius 3 is 2.91 bits per heavy atom. The zero-order valence-electron chi connectivity index (χ0n) is 12.1. The van der Waals surface area contributed by atoms with Crippen LogP contribution in [0, 0.1) is 6.92 Å². The summed E-state index contributed by atoms with van der Waals surface area (Å²) >= 11 is 1.40. The summed E-state index contributed by atoms with van der Waals surface area (Å²) < 4.78 is 16.2. The fraction of sp³-hybridized carbons (Fsp3) is 0.429. The van der Waals surface area contributed by atoms with Gasteiger partial charge in [0.15, 0.2) is 5.82 Å². The lowest BCUT2D eigenvalue weighted by Gasteiger charge is -2.00. The molecule has 8 heteroatoms. The van der Waals surface area contributed by atoms with Gasteiger partial charge < -0.3 is 13.4 Å². The second-order valence-corrected chi connectivity index (χ2v) is 6.58. The van der Waals surface area contributed by atoms with Gasteiger partial charge in [0.1, 0.15) is 5.76 Å². The molecule has 7 nitrogen and oxygen atoms in total. The van der Waals surface area contributed by atoms with Crippen LogP contribution in [0.25, 0.3) is 11.5 Å². The van der Waals surface area contributed by atoms with E-state index in [1.54, 1.807) is 12.3 Å². The standard InChI is InChI=1S/C14H14N4O3S/c1-7-10(5-6-19-7)13-16-17-14(20-13)22-8(2)12-15-11(18-21-12)9-3-4-9/h5-6,8-9H,3-4H2,1-2H3/t8-/m0/s1. The van der Waals surface area contributed by atoms with Gasteiger partial charge in [-0.1, -0.05) is 16.9 Å². The molecule has 3 aromatic heterocycles. The summed E-state index contributed by atoms with van der Waals surface area (Å²) in [6.07, 6.45) is 3.90. The van der Waals surface area contributed by atoms with E-state index in [9.17, 15) is 0 Å². The van der Waals surface area contributed by atoms with Crippen molar-refractivity contribution >= 4 is 11.8 Å². The maximum atomic E-state index is 5.66. The molecule has 0 saturated heterocycles. The zero-order chi connectivity index (χ0) is 15.1. The molecule has 1 fully saturated rings. The summed E-state index contributed by atoms with van der Waals surface area (Å²) in [4.78, 5) is 4.44. The molecule has 0 aromatic carbocycles. The molecule has 0 spiro atoms. The predicted molar refractivity (Wildman–Crippen MR) is 77.3 cm³/mol. The van der Waals surface area contributed by atoms with Crippen molar-refractivity contribution in [2.75, 3.05) is 0 Å². The maximum absolute atomic E-state index is 5.66. The van der Waals surface area contributed by atoms with Gasteiger partial charge in [-0.2, -0.15) is 4.98 Å². The lowest BCUT2D eigenvalue weighted by atomic mass is 10.3. The van der Waals surface area contributed by atoms with Crippen LogP contribution in [0.1, 0.15) is 48.4 Å². The molecular formula is C14H14N4O3S. The normalized spacial score (nSPS) is 16.1. The molecule has 0 unspecified atom stereocenters. The molecule has 0 radical (unpaired) electrons. The Balaban J connectivity index is 1.48. The van der Waals surface area contributed by atoms with Gasteiger partial charge in [-0.05, 0) is 32.8 Å². The van der Waals surface area contributed by atoms with Gasteiger partial charge in [0, 0.05) is 5.92 Å². The van der Waals surface area contributed by atoms with E-state index < -0.39 is 0 Å². The summed E-state index contributed by atoms with van der Waals surface area (Å²) in [7, 11) is 0. The topological polar surface area (TPSA) is 91.0 Å². The van der Waals surface area contributed by atoms with Crippen LogP contribution in [-0.2, 0) is 0 Å². The molecule has 0 bridgehead atoms. The average Bonchev–Trinajstić information content (AvgIpc) is 2.92. The molecule has 1 saturated carbocycles. The van der Waals surface area contributed by atoms with Crippen LogP contribution in [0.4, 0.5) is 0 Å². The van der Waals surface area contributed by atoms with Crippen molar-refractivity contribution in [1.29, 1.82) is 0 Å². The quantitative estimate of drug-likeness (QED) is 0.657. The second-order valence-electron chi connectivity index (χ2n) is 5.29. The Hall–Kier alpha value is -2.09. The molecule has 22 heavy (non-hydrogen) atoms. The first-order valence-electron chi connectivity index (χ1n) is 7.09. The summed E-state index contributed by atoms with van der Waals surface area (Å²) in [6, 6.07) is 1.81. The number of rotatable bonds is 5. The van der Waals surface area contributed by atoms with E-state index in [4.69, 9.17) is 13.4 Å². The van der Waals surface area contributed by atoms with E-state index in [-0.39, 0.29) is 5.25 Å². The lowest BCUT2D eigenvalue weighted by molar-refractivity contribution is 0.374. The molecule has 3 heterocycles. The van der Waals surface area contributed by atoms with Crippen LogP contribution in [0.2, 0.25) is 0 Å². The number of thioether (sulfide) groups is 1. The fourth-order valence-electron chi connectivity index (χ4n) is 2.09. The number of furan rings is 1. The molecular weight excluding hydrogens is 304 g/mol. The highest BCUT2D eigenvalue weighted by Crippen LogP contribution is 2.40. The fourth-order valence-corrected chi connectivity index (χ4v) is 2.81. The van der Waals surface area contributed by atoms with Crippen LogP contribution >= 0.6 is 11.8 Å². The van der Waals surface area contributed by atoms with E-state index in [0.29, 0.717) is 22.9 Å². The van der Waals surface area contributed by atoms with E-state index >= 15 is 0 Å². The second kappa shape index (κ2) is 5.28. The lowest BCUT2D eigenvalue weighted by Crippen LogP contribution is -1.90. The van der Waals surface area contributed by atoms with Gasteiger partial charge in [-0.3, -0.25) is 0 Å². The molecule has 3 aromatic rings. The number of aryl methyl sites for hydroxylation is 1. The first-order valence-corrected chi connectivity index (χ1v) is 7.97. The van der Waals surface area contributed by atoms with E-state index in [1.165, 1.54) is 11.8 Å². The number of hydrogen-bond acceptors (Lipinski definition) is 8. The molecule has 0 N–H and O–H groups in total. The minimum Gasteiger partial charge on any atom is -0.469 e. The van der Waals surface area contributed by atoms with Crippen molar-refractivity contribution < 1.29 is 13.4 Å². The van der Waals surface area contributed by atoms with Gasteiger partial charge >= 0.3 is 0 Å². The SMILES string of the molecule is Cc1occc1-c1nnc(S[C@@H](C)c2nc(C3CC3)no2)o1. The van der Waals surface area contributed by atoms with Crippen molar-refractivity contribution in [2.45, 2.75) is 43.1 Å². The van der Waals surface area contributed by atoms with Crippen molar-refractivity contribution in [1.82, 2.24) is 20.3 Å². The number of nitrogens with zero attached hydrogens (tertiary/aromatic N) is 4. The summed E-state index contributed by atoms with van der Waals surface area (Å²) in [5.41, 5.74) is 0.806. The molecule has 1 atom stereocenters. The van der Waals surface area contributed by atoms with E-state index in [1.807, 2.05) is 13.8 Å². The zero-order valence-corrected chi connectivity index (χ0v) is 13.0. The van der Waals surface area contributed by atoms with Crippen molar-refractivity contribution in [3.8, 4) is 11.5 Å². The summed E-state index contributed by atoms with van der Waals surface area (Å²) in [5, 5.41) is 12.5. The van der Waals surface area contributed by atoms with Crippen molar-refractivity contribution in [2.24, 2.45) is 0 Å². The van der Waals surface area contributed by atoms with Gasteiger partial charge in [-0.25, -0.2) is 0 Å².